The summed E-state index contributed by atoms with van der Waals surface area (Å²) in [5.41, 5.74) is 1.67. The lowest BCUT2D eigenvalue weighted by atomic mass is 9.91. The van der Waals surface area contributed by atoms with Crippen molar-refractivity contribution in [3.63, 3.8) is 0 Å². The summed E-state index contributed by atoms with van der Waals surface area (Å²) in [6, 6.07) is 16.8. The Kier molecular flexibility index (Phi) is 5.91. The van der Waals surface area contributed by atoms with E-state index in [-0.39, 0.29) is 12.5 Å². The number of oxime groups is 1. The van der Waals surface area contributed by atoms with Gasteiger partial charge in [-0.25, -0.2) is 9.69 Å². The number of hydrogen-bond donors (Lipinski definition) is 0. The van der Waals surface area contributed by atoms with Crippen LogP contribution in [0.1, 0.15) is 45.2 Å². The summed E-state index contributed by atoms with van der Waals surface area (Å²) in [5.74, 6) is 0.289. The van der Waals surface area contributed by atoms with Crippen LogP contribution in [0.4, 0.5) is 4.79 Å². The number of amides is 2. The zero-order valence-electron chi connectivity index (χ0n) is 18.8. The Hall–Kier alpha value is -3.35. The summed E-state index contributed by atoms with van der Waals surface area (Å²) < 4.78 is 11.3. The molecule has 7 heteroatoms. The van der Waals surface area contributed by atoms with E-state index in [1.165, 1.54) is 4.90 Å². The molecule has 1 fully saturated rings. The van der Waals surface area contributed by atoms with Crippen LogP contribution in [0.15, 0.2) is 59.8 Å². The van der Waals surface area contributed by atoms with Crippen molar-refractivity contribution in [2.75, 3.05) is 0 Å². The fourth-order valence-electron chi connectivity index (χ4n) is 4.05. The molecule has 0 N–H and O–H groups in total. The van der Waals surface area contributed by atoms with Crippen molar-refractivity contribution in [1.29, 1.82) is 0 Å². The number of benzene rings is 2. The van der Waals surface area contributed by atoms with Crippen molar-refractivity contribution < 1.29 is 23.9 Å². The third-order valence-corrected chi connectivity index (χ3v) is 5.65. The Labute approximate surface area is 187 Å². The van der Waals surface area contributed by atoms with E-state index in [1.54, 1.807) is 0 Å². The summed E-state index contributed by atoms with van der Waals surface area (Å²) in [4.78, 5) is 32.7. The number of rotatable bonds is 6. The predicted octanol–water partition coefficient (Wildman–Crippen LogP) is 4.34. The average Bonchev–Trinajstić information content (AvgIpc) is 3.31. The van der Waals surface area contributed by atoms with Crippen LogP contribution >= 0.6 is 0 Å². The lowest BCUT2D eigenvalue weighted by Crippen LogP contribution is -2.49. The van der Waals surface area contributed by atoms with Crippen LogP contribution in [0.25, 0.3) is 0 Å². The molecule has 0 aliphatic carbocycles. The second-order valence-corrected chi connectivity index (χ2v) is 8.92. The standard InChI is InChI=1S/C25H28N2O5/c1-16(2)30-19-12-8-11-18(14-19)20-15-21(32-26-20)23(28)27-22(25(3,4)31-24(27)29)13-17-9-6-5-7-10-17/h5-12,14,16,21-22H,13,15H2,1-4H3/t21-,22-/m0/s1. The van der Waals surface area contributed by atoms with Crippen molar-refractivity contribution in [1.82, 2.24) is 4.90 Å². The van der Waals surface area contributed by atoms with E-state index in [2.05, 4.69) is 5.16 Å². The molecule has 2 amide bonds. The molecule has 0 bridgehead atoms. The van der Waals surface area contributed by atoms with Gasteiger partial charge in [-0.1, -0.05) is 47.6 Å². The smallest absolute Gasteiger partial charge is 0.417 e. The Balaban J connectivity index is 1.50. The summed E-state index contributed by atoms with van der Waals surface area (Å²) in [7, 11) is 0. The minimum atomic E-state index is -0.876. The SMILES string of the molecule is CC(C)Oc1cccc(C2=NO[C@H](C(=O)N3C(=O)OC(C)(C)[C@@H]3Cc3ccccc3)C2)c1. The van der Waals surface area contributed by atoms with Gasteiger partial charge >= 0.3 is 6.09 Å². The maximum atomic E-state index is 13.3. The Morgan fingerprint density at radius 3 is 2.66 bits per heavy atom. The second kappa shape index (κ2) is 8.65. The van der Waals surface area contributed by atoms with E-state index in [1.807, 2.05) is 82.3 Å². The van der Waals surface area contributed by atoms with Gasteiger partial charge in [0, 0.05) is 12.0 Å². The highest BCUT2D eigenvalue weighted by Crippen LogP contribution is 2.34. The van der Waals surface area contributed by atoms with Crippen LogP contribution in [0, 0.1) is 0 Å². The Morgan fingerprint density at radius 1 is 1.19 bits per heavy atom. The van der Waals surface area contributed by atoms with Gasteiger partial charge in [-0.15, -0.1) is 0 Å². The van der Waals surface area contributed by atoms with Gasteiger partial charge in [0.15, 0.2) is 0 Å². The van der Waals surface area contributed by atoms with Gasteiger partial charge in [-0.2, -0.15) is 0 Å². The summed E-state index contributed by atoms with van der Waals surface area (Å²) in [6.45, 7) is 7.56. The van der Waals surface area contributed by atoms with Crippen molar-refractivity contribution in [3.05, 3.63) is 65.7 Å². The molecule has 2 aliphatic heterocycles. The first-order chi connectivity index (χ1) is 15.2. The van der Waals surface area contributed by atoms with Gasteiger partial charge < -0.3 is 14.3 Å². The molecule has 2 aromatic carbocycles. The Morgan fingerprint density at radius 2 is 1.94 bits per heavy atom. The van der Waals surface area contributed by atoms with Gasteiger partial charge in [0.2, 0.25) is 6.10 Å². The van der Waals surface area contributed by atoms with Crippen LogP contribution in [-0.2, 0) is 20.8 Å². The molecule has 168 valence electrons. The van der Waals surface area contributed by atoms with E-state index < -0.39 is 29.7 Å². The fraction of sp³-hybridized carbons (Fsp3) is 0.400. The molecule has 0 unspecified atom stereocenters. The minimum absolute atomic E-state index is 0.0485. The lowest BCUT2D eigenvalue weighted by Gasteiger charge is -2.28. The van der Waals surface area contributed by atoms with Gasteiger partial charge in [0.25, 0.3) is 5.91 Å². The predicted molar refractivity (Wildman–Crippen MR) is 120 cm³/mol. The number of cyclic esters (lactones) is 1. The van der Waals surface area contributed by atoms with E-state index in [0.29, 0.717) is 12.1 Å². The molecular formula is C25H28N2O5. The van der Waals surface area contributed by atoms with Gasteiger partial charge in [-0.05, 0) is 51.8 Å². The molecule has 2 atom stereocenters. The first-order valence-corrected chi connectivity index (χ1v) is 10.8. The molecule has 4 rings (SSSR count). The molecule has 2 heterocycles. The van der Waals surface area contributed by atoms with E-state index in [4.69, 9.17) is 14.3 Å². The first-order valence-electron chi connectivity index (χ1n) is 10.8. The summed E-state index contributed by atoms with van der Waals surface area (Å²) in [6.07, 6.45) is -0.704. The fourth-order valence-corrected chi connectivity index (χ4v) is 4.05. The largest absolute Gasteiger partial charge is 0.491 e. The third-order valence-electron chi connectivity index (χ3n) is 5.65. The highest BCUT2D eigenvalue weighted by molar-refractivity contribution is 6.06. The highest BCUT2D eigenvalue weighted by atomic mass is 16.6. The van der Waals surface area contributed by atoms with E-state index >= 15 is 0 Å². The molecule has 0 spiro atoms. The van der Waals surface area contributed by atoms with Gasteiger partial charge in [0.1, 0.15) is 11.4 Å². The first kappa shape index (κ1) is 21.9. The molecule has 32 heavy (non-hydrogen) atoms. The Bertz CT molecular complexity index is 1030. The van der Waals surface area contributed by atoms with Crippen molar-refractivity contribution in [2.24, 2.45) is 5.16 Å². The normalized spacial score (nSPS) is 21.8. The van der Waals surface area contributed by atoms with Gasteiger partial charge in [0.05, 0.1) is 17.9 Å². The molecule has 2 aliphatic rings. The topological polar surface area (TPSA) is 77.4 Å². The van der Waals surface area contributed by atoms with E-state index in [0.717, 1.165) is 16.9 Å². The number of hydrogen-bond acceptors (Lipinski definition) is 6. The van der Waals surface area contributed by atoms with Crippen LogP contribution in [-0.4, -0.2) is 46.5 Å². The zero-order chi connectivity index (χ0) is 22.9. The monoisotopic (exact) mass is 436 g/mol. The molecule has 0 radical (unpaired) electrons. The molecular weight excluding hydrogens is 408 g/mol. The van der Waals surface area contributed by atoms with Crippen LogP contribution in [0.2, 0.25) is 0 Å². The maximum absolute atomic E-state index is 13.3. The summed E-state index contributed by atoms with van der Waals surface area (Å²) >= 11 is 0. The summed E-state index contributed by atoms with van der Waals surface area (Å²) in [5, 5.41) is 4.13. The van der Waals surface area contributed by atoms with Crippen LogP contribution in [0.3, 0.4) is 0 Å². The molecule has 7 nitrogen and oxygen atoms in total. The lowest BCUT2D eigenvalue weighted by molar-refractivity contribution is -0.140. The van der Waals surface area contributed by atoms with Crippen LogP contribution in [0.5, 0.6) is 5.75 Å². The van der Waals surface area contributed by atoms with Crippen molar-refractivity contribution >= 4 is 17.7 Å². The number of ether oxygens (including phenoxy) is 2. The van der Waals surface area contributed by atoms with Gasteiger partial charge in [-0.3, -0.25) is 4.79 Å². The zero-order valence-corrected chi connectivity index (χ0v) is 18.8. The van der Waals surface area contributed by atoms with Crippen molar-refractivity contribution in [3.8, 4) is 5.75 Å². The minimum Gasteiger partial charge on any atom is -0.491 e. The number of carbonyl (C=O) groups is 2. The van der Waals surface area contributed by atoms with Crippen LogP contribution < -0.4 is 4.74 Å². The molecule has 2 aromatic rings. The van der Waals surface area contributed by atoms with E-state index in [9.17, 15) is 9.59 Å². The number of carbonyl (C=O) groups excluding carboxylic acids is 2. The molecule has 1 saturated heterocycles. The quantitative estimate of drug-likeness (QED) is 0.673. The maximum Gasteiger partial charge on any atom is 0.417 e. The third kappa shape index (κ3) is 4.47. The number of imide groups is 1. The molecule has 0 aromatic heterocycles. The molecule has 0 saturated carbocycles. The average molecular weight is 437 g/mol. The number of nitrogens with zero attached hydrogens (tertiary/aromatic N) is 2. The second-order valence-electron chi connectivity index (χ2n) is 8.92. The van der Waals surface area contributed by atoms with Crippen molar-refractivity contribution in [2.45, 2.75) is 64.4 Å². The highest BCUT2D eigenvalue weighted by Gasteiger charge is 2.52.